The highest BCUT2D eigenvalue weighted by molar-refractivity contribution is 5.91. The molecule has 1 aliphatic heterocycles. The van der Waals surface area contributed by atoms with Crippen LogP contribution >= 0.6 is 0 Å². The van der Waals surface area contributed by atoms with E-state index in [1.807, 2.05) is 20.8 Å². The monoisotopic (exact) mass is 586 g/mol. The molecule has 3 saturated carbocycles. The van der Waals surface area contributed by atoms with Gasteiger partial charge in [-0.3, -0.25) is 4.79 Å². The Bertz CT molecular complexity index is 1200. The molecule has 4 fully saturated rings. The average Bonchev–Trinajstić information content (AvgIpc) is 3.62. The summed E-state index contributed by atoms with van der Waals surface area (Å²) in [7, 11) is 1.46. The van der Waals surface area contributed by atoms with E-state index in [0.29, 0.717) is 12.0 Å². The molecule has 5 rings (SSSR count). The molecule has 1 saturated heterocycles. The number of carboxylic acid groups (broad SMARTS) is 1. The van der Waals surface area contributed by atoms with Crippen LogP contribution in [0.25, 0.3) is 0 Å². The predicted octanol–water partition coefficient (Wildman–Crippen LogP) is 4.09. The number of carboxylic acids is 1. The summed E-state index contributed by atoms with van der Waals surface area (Å²) in [6.45, 7) is 11.4. The average molecular weight is 587 g/mol. The summed E-state index contributed by atoms with van der Waals surface area (Å²) in [4.78, 5) is 39.6. The molecule has 0 aromatic heterocycles. The molecule has 9 nitrogen and oxygen atoms in total. The first-order valence-electron chi connectivity index (χ1n) is 15.3. The molecule has 2 N–H and O–H groups in total. The Kier molecular flexibility index (Phi) is 8.14. The summed E-state index contributed by atoms with van der Waals surface area (Å²) in [6, 6.07) is 0. The van der Waals surface area contributed by atoms with Crippen molar-refractivity contribution in [3.05, 3.63) is 35.5 Å². The molecular formula is C33H46O9. The van der Waals surface area contributed by atoms with E-state index < -0.39 is 58.9 Å². The Morgan fingerprint density at radius 3 is 2.52 bits per heavy atom. The molecule has 12 atom stereocenters. The highest BCUT2D eigenvalue weighted by Gasteiger charge is 2.89. The molecule has 0 aromatic rings. The van der Waals surface area contributed by atoms with Crippen LogP contribution in [-0.2, 0) is 33.3 Å². The number of rotatable bonds is 10. The van der Waals surface area contributed by atoms with Crippen molar-refractivity contribution < 1.29 is 43.5 Å². The van der Waals surface area contributed by atoms with Gasteiger partial charge in [0.1, 0.15) is 23.9 Å². The second-order valence-corrected chi connectivity index (χ2v) is 13.5. The van der Waals surface area contributed by atoms with Crippen LogP contribution in [-0.4, -0.2) is 72.9 Å². The van der Waals surface area contributed by atoms with Crippen molar-refractivity contribution >= 4 is 18.2 Å². The van der Waals surface area contributed by atoms with Crippen LogP contribution in [0.1, 0.15) is 60.8 Å². The number of fused-ring (bicyclic) bond motifs is 2. The number of ether oxygens (including phenoxy) is 4. The first kappa shape index (κ1) is 31.1. The third-order valence-corrected chi connectivity index (χ3v) is 11.4. The lowest BCUT2D eigenvalue weighted by atomic mass is 9.55. The molecule has 232 valence electrons. The molecule has 4 bridgehead atoms. The third kappa shape index (κ3) is 3.85. The van der Waals surface area contributed by atoms with Crippen LogP contribution in [0.4, 0.5) is 0 Å². The van der Waals surface area contributed by atoms with Gasteiger partial charge >= 0.3 is 11.9 Å². The summed E-state index contributed by atoms with van der Waals surface area (Å²) in [5.74, 6) is -1.61. The lowest BCUT2D eigenvalue weighted by molar-refractivity contribution is -0.307. The molecule has 0 aromatic carbocycles. The minimum absolute atomic E-state index is 0.00473. The number of aldehydes is 1. The molecule has 1 heterocycles. The lowest BCUT2D eigenvalue weighted by Crippen LogP contribution is -2.60. The number of carbonyl (C=O) groups excluding carboxylic acids is 2. The van der Waals surface area contributed by atoms with E-state index in [0.717, 1.165) is 24.7 Å². The fraction of sp³-hybridized carbons (Fsp3) is 0.727. The van der Waals surface area contributed by atoms with Crippen molar-refractivity contribution in [1.29, 1.82) is 0 Å². The number of aliphatic hydroxyl groups excluding tert-OH is 1. The van der Waals surface area contributed by atoms with E-state index in [1.54, 1.807) is 32.1 Å². The summed E-state index contributed by atoms with van der Waals surface area (Å²) >= 11 is 0. The van der Waals surface area contributed by atoms with Gasteiger partial charge in [0.25, 0.3) is 0 Å². The van der Waals surface area contributed by atoms with Gasteiger partial charge in [-0.05, 0) is 63.2 Å². The number of hydrogen-bond donors (Lipinski definition) is 2. The first-order chi connectivity index (χ1) is 19.9. The highest BCUT2D eigenvalue weighted by Crippen LogP contribution is 2.87. The van der Waals surface area contributed by atoms with Gasteiger partial charge in [-0.25, -0.2) is 4.79 Å². The zero-order valence-electron chi connectivity index (χ0n) is 25.7. The zero-order valence-corrected chi connectivity index (χ0v) is 25.7. The van der Waals surface area contributed by atoms with Gasteiger partial charge < -0.3 is 34.0 Å². The maximum atomic E-state index is 13.6. The van der Waals surface area contributed by atoms with Crippen LogP contribution in [0.15, 0.2) is 35.5 Å². The highest BCUT2D eigenvalue weighted by atomic mass is 16.7. The maximum Gasteiger partial charge on any atom is 0.334 e. The van der Waals surface area contributed by atoms with E-state index in [-0.39, 0.29) is 36.2 Å². The van der Waals surface area contributed by atoms with Crippen molar-refractivity contribution in [3.63, 3.8) is 0 Å². The van der Waals surface area contributed by atoms with Gasteiger partial charge in [-0.15, -0.1) is 0 Å². The number of esters is 1. The molecule has 42 heavy (non-hydrogen) atoms. The first-order valence-corrected chi connectivity index (χ1v) is 15.3. The number of aliphatic hydroxyl groups is 1. The summed E-state index contributed by atoms with van der Waals surface area (Å²) in [5, 5.41) is 22.6. The van der Waals surface area contributed by atoms with E-state index in [9.17, 15) is 24.6 Å². The number of methoxy groups -OCH3 is 1. The minimum Gasteiger partial charge on any atom is -0.481 e. The van der Waals surface area contributed by atoms with Crippen molar-refractivity contribution in [3.8, 4) is 0 Å². The van der Waals surface area contributed by atoms with E-state index in [2.05, 4.69) is 13.0 Å². The van der Waals surface area contributed by atoms with E-state index in [4.69, 9.17) is 18.9 Å². The molecule has 5 aliphatic rings. The Morgan fingerprint density at radius 2 is 1.93 bits per heavy atom. The molecule has 0 radical (unpaired) electrons. The Hall–Kier alpha value is -2.33. The Labute approximate surface area is 248 Å². The standard InChI is InChI=1S/C33H46O9/c1-8-9-10-19(5)28(36)42-27-25(35)29(41-20(6)26(27)39-7)40-16-32-21-13-23(17(2)3)33(32,30(37)38)31(14-21,15-34)22-12-11-18(4)24(22)32/h8-10,13,15,17-18,20-22,24-27,29,35H,11-12,14,16H2,1-7H3,(H,37,38)/b9-8+,19-10-/t18-,20-,21?,22?,24?,25+,26-,27+,29-,31?,32?,33?/m1/s1. The fourth-order valence-corrected chi connectivity index (χ4v) is 10.1. The van der Waals surface area contributed by atoms with Crippen molar-refractivity contribution in [2.45, 2.75) is 91.5 Å². The van der Waals surface area contributed by atoms with Gasteiger partial charge in [0.2, 0.25) is 0 Å². The van der Waals surface area contributed by atoms with E-state index >= 15 is 0 Å². The Morgan fingerprint density at radius 1 is 1.21 bits per heavy atom. The molecule has 9 heteroatoms. The largest absolute Gasteiger partial charge is 0.481 e. The summed E-state index contributed by atoms with van der Waals surface area (Å²) < 4.78 is 23.9. The molecule has 6 unspecified atom stereocenters. The van der Waals surface area contributed by atoms with Crippen LogP contribution in [0.5, 0.6) is 0 Å². The SMILES string of the molecule is C/C=C/C=C(/C)C(=O)O[C@H]1[C@H](O)[C@H](OCC23C4C=C(C(C)C)C2(C(=O)O)C(C=O)(C4)C2CC[C@@H](C)C23)O[C@H](C)[C@H]1OC. The van der Waals surface area contributed by atoms with Crippen molar-refractivity contribution in [2.75, 3.05) is 13.7 Å². The third-order valence-electron chi connectivity index (χ3n) is 11.4. The van der Waals surface area contributed by atoms with E-state index in [1.165, 1.54) is 7.11 Å². The van der Waals surface area contributed by atoms with Gasteiger partial charge in [-0.2, -0.15) is 0 Å². The van der Waals surface area contributed by atoms with Gasteiger partial charge in [0, 0.05) is 18.1 Å². The van der Waals surface area contributed by atoms with Crippen molar-refractivity contribution in [2.24, 2.45) is 45.8 Å². The number of hydrogen-bond acceptors (Lipinski definition) is 8. The van der Waals surface area contributed by atoms with Crippen LogP contribution in [0, 0.1) is 45.8 Å². The second kappa shape index (κ2) is 11.0. The van der Waals surface area contributed by atoms with Crippen LogP contribution in [0.2, 0.25) is 0 Å². The summed E-state index contributed by atoms with van der Waals surface area (Å²) in [5.41, 5.74) is -2.06. The molecule has 4 aliphatic carbocycles. The minimum atomic E-state index is -1.38. The maximum absolute atomic E-state index is 13.6. The topological polar surface area (TPSA) is 129 Å². The lowest BCUT2D eigenvalue weighted by Gasteiger charge is -2.48. The number of carbonyl (C=O) groups is 3. The molecule has 0 spiro atoms. The van der Waals surface area contributed by atoms with Crippen LogP contribution < -0.4 is 0 Å². The van der Waals surface area contributed by atoms with Gasteiger partial charge in [-0.1, -0.05) is 57.1 Å². The van der Waals surface area contributed by atoms with Gasteiger partial charge in [0.05, 0.1) is 18.1 Å². The quantitative estimate of drug-likeness (QED) is 0.128. The molecular weight excluding hydrogens is 540 g/mol. The number of aliphatic carboxylic acids is 1. The van der Waals surface area contributed by atoms with Gasteiger partial charge in [0.15, 0.2) is 12.4 Å². The fourth-order valence-electron chi connectivity index (χ4n) is 10.1. The normalized spacial score (nSPS) is 45.9. The smallest absolute Gasteiger partial charge is 0.334 e. The number of allylic oxidation sites excluding steroid dienone is 4. The van der Waals surface area contributed by atoms with Crippen molar-refractivity contribution in [1.82, 2.24) is 0 Å². The second-order valence-electron chi connectivity index (χ2n) is 13.5. The van der Waals surface area contributed by atoms with Crippen LogP contribution in [0.3, 0.4) is 0 Å². The molecule has 0 amide bonds. The predicted molar refractivity (Wildman–Crippen MR) is 153 cm³/mol. The zero-order chi connectivity index (χ0) is 30.8. The summed E-state index contributed by atoms with van der Waals surface area (Å²) in [6.07, 6.45) is 5.48. The Balaban J connectivity index is 1.49.